The van der Waals surface area contributed by atoms with E-state index in [-0.39, 0.29) is 10.6 Å². The zero-order valence-electron chi connectivity index (χ0n) is 10.6. The molecule has 18 heavy (non-hydrogen) atoms. The summed E-state index contributed by atoms with van der Waals surface area (Å²) >= 11 is 0. The Hall–Kier alpha value is -2.11. The Kier molecular flexibility index (Phi) is 5.63. The van der Waals surface area contributed by atoms with Gasteiger partial charge >= 0.3 is 0 Å². The minimum Gasteiger partial charge on any atom is -0.356 e. The molecule has 6 heteroatoms. The van der Waals surface area contributed by atoms with E-state index in [1.165, 1.54) is 6.07 Å². The number of rotatable bonds is 5. The smallest absolute Gasteiger partial charge is 0.274 e. The van der Waals surface area contributed by atoms with Gasteiger partial charge < -0.3 is 10.6 Å². The highest BCUT2D eigenvalue weighted by Gasteiger charge is 2.11. The summed E-state index contributed by atoms with van der Waals surface area (Å²) in [6.07, 6.45) is 0.992. The Morgan fingerprint density at radius 1 is 1.39 bits per heavy atom. The van der Waals surface area contributed by atoms with Crippen LogP contribution in [-0.4, -0.2) is 24.5 Å². The topological polar surface area (TPSA) is 79.6 Å². The number of nitro groups is 1. The number of hydrogen-bond donors (Lipinski definition) is 2. The zero-order chi connectivity index (χ0) is 13.4. The fourth-order valence-electron chi connectivity index (χ4n) is 1.48. The summed E-state index contributed by atoms with van der Waals surface area (Å²) in [4.78, 5) is 14.5. The molecule has 0 saturated heterocycles. The number of nitrogens with one attached hydrogen (secondary N) is 2. The van der Waals surface area contributed by atoms with Crippen molar-refractivity contribution in [1.29, 1.82) is 0 Å². The van der Waals surface area contributed by atoms with Crippen LogP contribution in [0.5, 0.6) is 0 Å². The van der Waals surface area contributed by atoms with E-state index in [9.17, 15) is 10.1 Å². The van der Waals surface area contributed by atoms with Crippen LogP contribution < -0.4 is 10.6 Å². The molecule has 0 fully saturated rings. The number of hydrogen-bond acceptors (Lipinski definition) is 3. The lowest BCUT2D eigenvalue weighted by atomic mass is 10.2. The molecule has 0 bridgehead atoms. The molecule has 2 N–H and O–H groups in total. The van der Waals surface area contributed by atoms with E-state index >= 15 is 0 Å². The quantitative estimate of drug-likeness (QED) is 0.360. The molecule has 6 nitrogen and oxygen atoms in total. The van der Waals surface area contributed by atoms with Crippen molar-refractivity contribution in [2.45, 2.75) is 19.9 Å². The van der Waals surface area contributed by atoms with Gasteiger partial charge in [-0.05, 0) is 6.42 Å². The van der Waals surface area contributed by atoms with Gasteiger partial charge in [0.05, 0.1) is 4.92 Å². The molecule has 0 aliphatic heterocycles. The van der Waals surface area contributed by atoms with Crippen molar-refractivity contribution in [2.75, 3.05) is 13.6 Å². The summed E-state index contributed by atoms with van der Waals surface area (Å²) in [6.45, 7) is 3.25. The summed E-state index contributed by atoms with van der Waals surface area (Å²) < 4.78 is 0. The maximum absolute atomic E-state index is 10.8. The molecule has 0 saturated carbocycles. The lowest BCUT2D eigenvalue weighted by Crippen LogP contribution is -2.37. The van der Waals surface area contributed by atoms with Crippen LogP contribution in [0, 0.1) is 10.1 Å². The molecule has 0 unspecified atom stereocenters. The van der Waals surface area contributed by atoms with Gasteiger partial charge in [-0.3, -0.25) is 15.1 Å². The Morgan fingerprint density at radius 3 is 2.72 bits per heavy atom. The molecule has 0 heterocycles. The molecule has 0 aromatic heterocycles. The van der Waals surface area contributed by atoms with Crippen molar-refractivity contribution in [3.63, 3.8) is 0 Å². The number of benzene rings is 1. The minimum absolute atomic E-state index is 0.121. The Morgan fingerprint density at radius 2 is 2.11 bits per heavy atom. The van der Waals surface area contributed by atoms with Crippen molar-refractivity contribution < 1.29 is 4.92 Å². The number of aliphatic imine (C=N–C) groups is 1. The molecule has 0 aliphatic carbocycles. The van der Waals surface area contributed by atoms with Gasteiger partial charge in [-0.25, -0.2) is 0 Å². The van der Waals surface area contributed by atoms with Crippen molar-refractivity contribution in [1.82, 2.24) is 10.6 Å². The first-order valence-electron chi connectivity index (χ1n) is 5.85. The average Bonchev–Trinajstić information content (AvgIpc) is 2.39. The van der Waals surface area contributed by atoms with Crippen LogP contribution in [0.3, 0.4) is 0 Å². The maximum atomic E-state index is 10.8. The summed E-state index contributed by atoms with van der Waals surface area (Å²) in [6, 6.07) is 6.68. The van der Waals surface area contributed by atoms with Crippen LogP contribution in [0.25, 0.3) is 0 Å². The van der Waals surface area contributed by atoms with Crippen LogP contribution in [0.4, 0.5) is 5.69 Å². The van der Waals surface area contributed by atoms with E-state index < -0.39 is 0 Å². The number of nitro benzene ring substituents is 1. The number of para-hydroxylation sites is 1. The van der Waals surface area contributed by atoms with Gasteiger partial charge in [0.2, 0.25) is 0 Å². The zero-order valence-corrected chi connectivity index (χ0v) is 10.6. The summed E-state index contributed by atoms with van der Waals surface area (Å²) in [5.41, 5.74) is 0.762. The molecule has 1 aromatic carbocycles. The molecule has 0 spiro atoms. The number of nitrogens with zero attached hydrogens (tertiary/aromatic N) is 2. The van der Waals surface area contributed by atoms with Gasteiger partial charge in [0.15, 0.2) is 5.96 Å². The minimum atomic E-state index is -0.376. The fourth-order valence-corrected chi connectivity index (χ4v) is 1.48. The highest BCUT2D eigenvalue weighted by Crippen LogP contribution is 2.16. The maximum Gasteiger partial charge on any atom is 0.274 e. The molecule has 98 valence electrons. The first kappa shape index (κ1) is 14.0. The third-order valence-corrected chi connectivity index (χ3v) is 2.40. The molecule has 0 amide bonds. The first-order chi connectivity index (χ1) is 8.69. The van der Waals surface area contributed by atoms with E-state index in [0.717, 1.165) is 13.0 Å². The van der Waals surface area contributed by atoms with Crippen molar-refractivity contribution in [3.8, 4) is 0 Å². The van der Waals surface area contributed by atoms with E-state index in [1.54, 1.807) is 25.2 Å². The standard InChI is InChI=1S/C12H18N4O2/c1-3-8-14-12(13-2)15-9-10-6-4-5-7-11(10)16(17)18/h4-7H,3,8-9H2,1-2H3,(H2,13,14,15). The van der Waals surface area contributed by atoms with E-state index in [2.05, 4.69) is 22.5 Å². The summed E-state index contributed by atoms with van der Waals surface area (Å²) in [5.74, 6) is 0.648. The molecule has 1 aromatic rings. The second-order valence-electron chi connectivity index (χ2n) is 3.74. The predicted molar refractivity (Wildman–Crippen MR) is 71.6 cm³/mol. The molecular formula is C12H18N4O2. The van der Waals surface area contributed by atoms with Crippen molar-refractivity contribution in [2.24, 2.45) is 4.99 Å². The molecule has 1 rings (SSSR count). The summed E-state index contributed by atoms with van der Waals surface area (Å²) in [7, 11) is 1.67. The third-order valence-electron chi connectivity index (χ3n) is 2.40. The highest BCUT2D eigenvalue weighted by molar-refractivity contribution is 5.79. The average molecular weight is 250 g/mol. The molecule has 0 aliphatic rings. The van der Waals surface area contributed by atoms with Gasteiger partial charge in [-0.1, -0.05) is 25.1 Å². The third kappa shape index (κ3) is 4.04. The summed E-state index contributed by atoms with van der Waals surface area (Å²) in [5, 5.41) is 17.0. The first-order valence-corrected chi connectivity index (χ1v) is 5.85. The van der Waals surface area contributed by atoms with Crippen molar-refractivity contribution in [3.05, 3.63) is 39.9 Å². The second-order valence-corrected chi connectivity index (χ2v) is 3.74. The second kappa shape index (κ2) is 7.26. The van der Waals surface area contributed by atoms with Crippen LogP contribution in [0.15, 0.2) is 29.3 Å². The fraction of sp³-hybridized carbons (Fsp3) is 0.417. The van der Waals surface area contributed by atoms with Gasteiger partial charge in [0.25, 0.3) is 5.69 Å². The van der Waals surface area contributed by atoms with Gasteiger partial charge in [-0.15, -0.1) is 0 Å². The van der Waals surface area contributed by atoms with Crippen LogP contribution >= 0.6 is 0 Å². The molecule has 0 atom stereocenters. The molecule has 0 radical (unpaired) electrons. The van der Waals surface area contributed by atoms with Crippen LogP contribution in [0.2, 0.25) is 0 Å². The lowest BCUT2D eigenvalue weighted by Gasteiger charge is -2.11. The van der Waals surface area contributed by atoms with Gasteiger partial charge in [0.1, 0.15) is 0 Å². The van der Waals surface area contributed by atoms with Gasteiger partial charge in [0, 0.05) is 31.8 Å². The lowest BCUT2D eigenvalue weighted by molar-refractivity contribution is -0.385. The van der Waals surface area contributed by atoms with Gasteiger partial charge in [-0.2, -0.15) is 0 Å². The highest BCUT2D eigenvalue weighted by atomic mass is 16.6. The van der Waals surface area contributed by atoms with E-state index in [0.29, 0.717) is 18.1 Å². The normalized spacial score (nSPS) is 11.1. The van der Waals surface area contributed by atoms with E-state index in [1.807, 2.05) is 0 Å². The molecular weight excluding hydrogens is 232 g/mol. The van der Waals surface area contributed by atoms with Crippen LogP contribution in [0.1, 0.15) is 18.9 Å². The van der Waals surface area contributed by atoms with E-state index in [4.69, 9.17) is 0 Å². The van der Waals surface area contributed by atoms with Crippen LogP contribution in [-0.2, 0) is 6.54 Å². The Bertz CT molecular complexity index is 432. The number of guanidine groups is 1. The van der Waals surface area contributed by atoms with Crippen molar-refractivity contribution >= 4 is 11.6 Å². The Labute approximate surface area is 106 Å². The SMILES string of the molecule is CCCNC(=NC)NCc1ccccc1[N+](=O)[O-]. The predicted octanol–water partition coefficient (Wildman–Crippen LogP) is 1.67. The monoisotopic (exact) mass is 250 g/mol. The Balaban J connectivity index is 2.65. The largest absolute Gasteiger partial charge is 0.356 e.